The normalized spacial score (nSPS) is 15.5. The van der Waals surface area contributed by atoms with Gasteiger partial charge in [-0.25, -0.2) is 19.1 Å². The summed E-state index contributed by atoms with van der Waals surface area (Å²) >= 11 is 0. The molecule has 0 saturated carbocycles. The third-order valence-electron chi connectivity index (χ3n) is 9.10. The van der Waals surface area contributed by atoms with Gasteiger partial charge in [-0.3, -0.25) is 9.59 Å². The van der Waals surface area contributed by atoms with Gasteiger partial charge in [0.15, 0.2) is 6.20 Å². The van der Waals surface area contributed by atoms with Gasteiger partial charge in [-0.05, 0) is 19.8 Å². The van der Waals surface area contributed by atoms with Crippen molar-refractivity contribution in [2.75, 3.05) is 19.8 Å². The van der Waals surface area contributed by atoms with E-state index in [2.05, 4.69) is 12.2 Å². The number of pyridine rings is 1. The Morgan fingerprint density at radius 3 is 1.83 bits per heavy atom. The second kappa shape index (κ2) is 24.0. The lowest BCUT2D eigenvalue weighted by atomic mass is 9.94. The highest BCUT2D eigenvalue weighted by Crippen LogP contribution is 2.27. The van der Waals surface area contributed by atoms with E-state index in [1.54, 1.807) is 4.90 Å². The number of hydrogen-bond donors (Lipinski definition) is 1. The monoisotopic (exact) mass is 659 g/mol. The number of unbranched alkanes of at least 4 members (excludes halogenated alkanes) is 15. The maximum absolute atomic E-state index is 12.8. The van der Waals surface area contributed by atoms with E-state index in [0.29, 0.717) is 19.5 Å². The van der Waals surface area contributed by atoms with E-state index >= 15 is 0 Å². The predicted molar refractivity (Wildman–Crippen MR) is 183 cm³/mol. The molecule has 1 N–H and O–H groups in total. The molecule has 266 valence electrons. The number of aromatic nitrogens is 1. The van der Waals surface area contributed by atoms with Crippen molar-refractivity contribution in [3.8, 4) is 0 Å². The summed E-state index contributed by atoms with van der Waals surface area (Å²) in [6.07, 6.45) is 22.1. The lowest BCUT2D eigenvalue weighted by Crippen LogP contribution is -2.62. The molecule has 4 amide bonds. The maximum Gasteiger partial charge on any atom is 0.417 e. The van der Waals surface area contributed by atoms with Gasteiger partial charge in [0.25, 0.3) is 0 Å². The molecule has 1 fully saturated rings. The van der Waals surface area contributed by atoms with Crippen LogP contribution < -0.4 is 9.88 Å². The number of hydrogen-bond acceptors (Lipinski definition) is 6. The molecule has 1 aromatic rings. The molecule has 0 bridgehead atoms. The van der Waals surface area contributed by atoms with Crippen LogP contribution in [0.2, 0.25) is 0 Å². The van der Waals surface area contributed by atoms with Crippen LogP contribution in [0, 0.1) is 0 Å². The molecule has 1 aliphatic rings. The summed E-state index contributed by atoms with van der Waals surface area (Å²) in [5.41, 5.74) is 0.807. The fourth-order valence-corrected chi connectivity index (χ4v) is 6.27. The van der Waals surface area contributed by atoms with Gasteiger partial charge < -0.3 is 19.7 Å². The van der Waals surface area contributed by atoms with Gasteiger partial charge in [-0.2, -0.15) is 0 Å². The maximum atomic E-state index is 12.8. The first-order valence-electron chi connectivity index (χ1n) is 18.4. The third kappa shape index (κ3) is 16.0. The topological polar surface area (TPSA) is 109 Å². The summed E-state index contributed by atoms with van der Waals surface area (Å²) in [7, 11) is 0. The number of nitrogens with zero attached hydrogens (tertiary/aromatic N) is 3. The molecule has 0 radical (unpaired) electrons. The van der Waals surface area contributed by atoms with Gasteiger partial charge in [0, 0.05) is 32.5 Å². The van der Waals surface area contributed by atoms with Crippen LogP contribution >= 0.6 is 0 Å². The van der Waals surface area contributed by atoms with Crippen molar-refractivity contribution in [2.45, 2.75) is 162 Å². The number of alkyl carbamates (subject to hydrolysis) is 1. The molecular weight excluding hydrogens is 596 g/mol. The highest BCUT2D eigenvalue weighted by Gasteiger charge is 2.42. The Labute approximate surface area is 283 Å². The number of amides is 4. The third-order valence-corrected chi connectivity index (χ3v) is 9.10. The van der Waals surface area contributed by atoms with Gasteiger partial charge in [0.05, 0.1) is 12.1 Å². The second-order valence-corrected chi connectivity index (χ2v) is 13.0. The molecule has 0 unspecified atom stereocenters. The molecule has 2 heterocycles. The minimum atomic E-state index is -0.749. The van der Waals surface area contributed by atoms with Crippen molar-refractivity contribution in [1.82, 2.24) is 15.1 Å². The molecule has 1 aromatic heterocycles. The van der Waals surface area contributed by atoms with Crippen LogP contribution in [0.15, 0.2) is 24.4 Å². The molecule has 47 heavy (non-hydrogen) atoms. The molecule has 0 aromatic carbocycles. The fourth-order valence-electron chi connectivity index (χ4n) is 6.27. The number of likely N-dealkylation sites (tertiary alicyclic amines) is 1. The Kier molecular flexibility index (Phi) is 20.5. The number of rotatable bonds is 24. The summed E-state index contributed by atoms with van der Waals surface area (Å²) in [4.78, 5) is 52.2. The molecule has 2 atom stereocenters. The largest absolute Gasteiger partial charge is 0.447 e. The zero-order chi connectivity index (χ0) is 34.3. The van der Waals surface area contributed by atoms with Crippen LogP contribution in [0.4, 0.5) is 9.59 Å². The van der Waals surface area contributed by atoms with E-state index in [1.165, 1.54) is 104 Å². The number of carbonyl (C=O) groups excluding carboxylic acids is 4. The number of carbonyl (C=O) groups is 4. The molecule has 1 saturated heterocycles. The SMILES string of the molecule is CCCCCCCCCCCCCCCCCCNC(=O)OC[C@@H]1C[C@@H](COC(=O)N(Cc2cccc[n+]2CC)C(C)=O)N1C(C)=O. The molecule has 0 aliphatic carbocycles. The summed E-state index contributed by atoms with van der Waals surface area (Å²) in [5, 5.41) is 2.81. The van der Waals surface area contributed by atoms with Crippen molar-refractivity contribution in [2.24, 2.45) is 0 Å². The lowest BCUT2D eigenvalue weighted by Gasteiger charge is -2.47. The summed E-state index contributed by atoms with van der Waals surface area (Å²) in [6.45, 7) is 8.44. The van der Waals surface area contributed by atoms with Crippen molar-refractivity contribution >= 4 is 24.0 Å². The predicted octanol–water partition coefficient (Wildman–Crippen LogP) is 7.46. The Bertz CT molecular complexity index is 1070. The average Bonchev–Trinajstić information content (AvgIpc) is 3.03. The summed E-state index contributed by atoms with van der Waals surface area (Å²) < 4.78 is 12.8. The number of imide groups is 1. The van der Waals surface area contributed by atoms with Crippen LogP contribution in [0.25, 0.3) is 0 Å². The molecule has 2 rings (SSSR count). The lowest BCUT2D eigenvalue weighted by molar-refractivity contribution is -0.701. The molecular formula is C37H63N4O6+. The van der Waals surface area contributed by atoms with E-state index in [1.807, 2.05) is 35.9 Å². The van der Waals surface area contributed by atoms with E-state index < -0.39 is 18.1 Å². The van der Waals surface area contributed by atoms with Crippen LogP contribution in [-0.2, 0) is 32.2 Å². The highest BCUT2D eigenvalue weighted by atomic mass is 16.6. The zero-order valence-electron chi connectivity index (χ0n) is 29.8. The minimum Gasteiger partial charge on any atom is -0.447 e. The van der Waals surface area contributed by atoms with Crippen molar-refractivity contribution in [3.05, 3.63) is 30.1 Å². The van der Waals surface area contributed by atoms with Crippen LogP contribution in [0.5, 0.6) is 0 Å². The van der Waals surface area contributed by atoms with E-state index in [-0.39, 0.29) is 37.7 Å². The Morgan fingerprint density at radius 2 is 1.32 bits per heavy atom. The fraction of sp³-hybridized carbons (Fsp3) is 0.757. The van der Waals surface area contributed by atoms with Crippen molar-refractivity contribution in [3.63, 3.8) is 0 Å². The van der Waals surface area contributed by atoms with Gasteiger partial charge in [-0.1, -0.05) is 109 Å². The smallest absolute Gasteiger partial charge is 0.417 e. The summed E-state index contributed by atoms with van der Waals surface area (Å²) in [5.74, 6) is -0.605. The Hall–Kier alpha value is -3.17. The first kappa shape index (κ1) is 40.0. The van der Waals surface area contributed by atoms with Crippen molar-refractivity contribution in [1.29, 1.82) is 0 Å². The van der Waals surface area contributed by atoms with Gasteiger partial charge in [0.1, 0.15) is 26.3 Å². The second-order valence-electron chi connectivity index (χ2n) is 13.0. The van der Waals surface area contributed by atoms with Gasteiger partial charge >= 0.3 is 12.2 Å². The number of ether oxygens (including phenoxy) is 2. The zero-order valence-corrected chi connectivity index (χ0v) is 29.8. The van der Waals surface area contributed by atoms with Crippen LogP contribution in [-0.4, -0.2) is 65.6 Å². The molecule has 0 spiro atoms. The minimum absolute atomic E-state index is 0.0350. The molecule has 10 nitrogen and oxygen atoms in total. The molecule has 1 aliphatic heterocycles. The van der Waals surface area contributed by atoms with Gasteiger partial charge in [0.2, 0.25) is 17.5 Å². The average molecular weight is 660 g/mol. The first-order chi connectivity index (χ1) is 22.8. The van der Waals surface area contributed by atoms with E-state index in [0.717, 1.165) is 23.4 Å². The first-order valence-corrected chi connectivity index (χ1v) is 18.4. The van der Waals surface area contributed by atoms with E-state index in [9.17, 15) is 19.2 Å². The standard InChI is InChI=1S/C37H62N4O6/c1-5-7-8-9-10-11-12-13-14-15-16-17-18-19-20-22-25-38-36(44)46-29-34-27-35(41(34)32(4)43)30-47-37(45)40(31(3)42)28-33-24-21-23-26-39(33)6-2/h21,23-24,26,34-35H,5-20,22,25,27-30H2,1-4H3/p+1/t34-,35-/m0/s1. The molecule has 10 heteroatoms. The number of aryl methyl sites for hydroxylation is 1. The summed E-state index contributed by atoms with van der Waals surface area (Å²) in [6, 6.07) is 5.01. The quantitative estimate of drug-likeness (QED) is 0.0912. The van der Waals surface area contributed by atoms with Crippen molar-refractivity contribution < 1.29 is 33.2 Å². The highest BCUT2D eigenvalue weighted by molar-refractivity contribution is 5.90. The van der Waals surface area contributed by atoms with Gasteiger partial charge in [-0.15, -0.1) is 0 Å². The Morgan fingerprint density at radius 1 is 0.787 bits per heavy atom. The van der Waals surface area contributed by atoms with Crippen LogP contribution in [0.3, 0.4) is 0 Å². The van der Waals surface area contributed by atoms with Crippen LogP contribution in [0.1, 0.15) is 143 Å². The Balaban J connectivity index is 1.52. The van der Waals surface area contributed by atoms with E-state index in [4.69, 9.17) is 9.47 Å². The number of nitrogens with one attached hydrogen (secondary N) is 1.